The molecular weight excluding hydrogens is 381 g/mol. The van der Waals surface area contributed by atoms with Gasteiger partial charge in [-0.3, -0.25) is 9.79 Å². The van der Waals surface area contributed by atoms with Gasteiger partial charge in [-0.25, -0.2) is 0 Å². The van der Waals surface area contributed by atoms with Crippen molar-refractivity contribution in [3.8, 4) is 0 Å². The summed E-state index contributed by atoms with van der Waals surface area (Å²) in [4.78, 5) is 18.2. The van der Waals surface area contributed by atoms with Crippen LogP contribution in [0.5, 0.6) is 0 Å². The number of nitrogens with one attached hydrogen (secondary N) is 1. The molecule has 0 aliphatic carbocycles. The molecule has 1 fully saturated rings. The number of carbonyl (C=O) groups is 1. The van der Waals surface area contributed by atoms with Gasteiger partial charge < -0.3 is 15.0 Å². The van der Waals surface area contributed by atoms with E-state index in [4.69, 9.17) is 4.74 Å². The summed E-state index contributed by atoms with van der Waals surface area (Å²) in [7, 11) is 1.75. The Kier molecular flexibility index (Phi) is 7.99. The molecule has 1 rings (SSSR count). The van der Waals surface area contributed by atoms with Crippen molar-refractivity contribution in [1.29, 1.82) is 0 Å². The molecule has 0 spiro atoms. The van der Waals surface area contributed by atoms with Crippen molar-refractivity contribution >= 4 is 35.9 Å². The molecule has 1 aliphatic rings. The number of esters is 1. The molecule has 1 unspecified atom stereocenters. The van der Waals surface area contributed by atoms with E-state index < -0.39 is 5.60 Å². The Morgan fingerprint density at radius 2 is 2.05 bits per heavy atom. The van der Waals surface area contributed by atoms with E-state index in [9.17, 15) is 4.79 Å². The average Bonchev–Trinajstić information content (AvgIpc) is 2.71. The van der Waals surface area contributed by atoms with E-state index in [0.717, 1.165) is 31.9 Å². The number of ether oxygens (including phenoxy) is 1. The van der Waals surface area contributed by atoms with Gasteiger partial charge in [0.2, 0.25) is 0 Å². The topological polar surface area (TPSA) is 53.9 Å². The molecule has 0 radical (unpaired) electrons. The van der Waals surface area contributed by atoms with Gasteiger partial charge in [-0.15, -0.1) is 24.0 Å². The van der Waals surface area contributed by atoms with Crippen LogP contribution in [0, 0.1) is 5.41 Å². The molecule has 0 bridgehead atoms. The lowest BCUT2D eigenvalue weighted by atomic mass is 9.87. The van der Waals surface area contributed by atoms with Crippen LogP contribution in [0.3, 0.4) is 0 Å². The monoisotopic (exact) mass is 411 g/mol. The lowest BCUT2D eigenvalue weighted by molar-refractivity contribution is -0.153. The number of rotatable bonds is 3. The minimum Gasteiger partial charge on any atom is -0.459 e. The van der Waals surface area contributed by atoms with Crippen molar-refractivity contribution in [3.63, 3.8) is 0 Å². The third-order valence-electron chi connectivity index (χ3n) is 3.73. The van der Waals surface area contributed by atoms with Crippen molar-refractivity contribution in [1.82, 2.24) is 10.2 Å². The predicted octanol–water partition coefficient (Wildman–Crippen LogP) is 2.64. The Morgan fingerprint density at radius 1 is 1.43 bits per heavy atom. The van der Waals surface area contributed by atoms with Crippen molar-refractivity contribution in [3.05, 3.63) is 0 Å². The fourth-order valence-electron chi connectivity index (χ4n) is 2.35. The first-order valence-corrected chi connectivity index (χ1v) is 7.36. The summed E-state index contributed by atoms with van der Waals surface area (Å²) in [5, 5.41) is 3.10. The quantitative estimate of drug-likeness (QED) is 0.336. The number of halogens is 1. The fourth-order valence-corrected chi connectivity index (χ4v) is 2.35. The van der Waals surface area contributed by atoms with Crippen LogP contribution in [0.15, 0.2) is 4.99 Å². The second-order valence-corrected chi connectivity index (χ2v) is 6.82. The zero-order chi connectivity index (χ0) is 15.4. The van der Waals surface area contributed by atoms with Gasteiger partial charge in [-0.2, -0.15) is 0 Å². The van der Waals surface area contributed by atoms with Crippen LogP contribution in [0.2, 0.25) is 0 Å². The standard InChI is InChI=1S/C15H29N3O2.HI/c1-7-15(5)8-9-18(11-15)13(16-6)17-10-12(19)20-14(2,3)4;/h7-11H2,1-6H3,(H,16,17);1H. The van der Waals surface area contributed by atoms with Crippen LogP contribution >= 0.6 is 24.0 Å². The van der Waals surface area contributed by atoms with Gasteiger partial charge >= 0.3 is 5.97 Å². The number of nitrogens with zero attached hydrogens (tertiary/aromatic N) is 2. The van der Waals surface area contributed by atoms with Crippen molar-refractivity contribution in [2.24, 2.45) is 10.4 Å². The zero-order valence-corrected chi connectivity index (χ0v) is 16.5. The van der Waals surface area contributed by atoms with Crippen LogP contribution in [0.1, 0.15) is 47.5 Å². The smallest absolute Gasteiger partial charge is 0.325 e. The maximum atomic E-state index is 11.7. The van der Waals surface area contributed by atoms with Crippen molar-refractivity contribution in [2.75, 3.05) is 26.7 Å². The summed E-state index contributed by atoms with van der Waals surface area (Å²) in [5.74, 6) is 0.532. The first-order chi connectivity index (χ1) is 9.19. The number of likely N-dealkylation sites (tertiary alicyclic amines) is 1. The molecule has 1 atom stereocenters. The van der Waals surface area contributed by atoms with Crippen LogP contribution < -0.4 is 5.32 Å². The Balaban J connectivity index is 0.00000400. The van der Waals surface area contributed by atoms with Gasteiger partial charge in [0.1, 0.15) is 12.1 Å². The first kappa shape index (κ1) is 20.5. The normalized spacial score (nSPS) is 22.8. The van der Waals surface area contributed by atoms with Gasteiger partial charge in [-0.1, -0.05) is 13.8 Å². The van der Waals surface area contributed by atoms with Crippen LogP contribution in [-0.4, -0.2) is 49.1 Å². The highest BCUT2D eigenvalue weighted by Crippen LogP contribution is 2.32. The van der Waals surface area contributed by atoms with Gasteiger partial charge in [-0.05, 0) is 39.0 Å². The molecule has 5 nitrogen and oxygen atoms in total. The molecule has 1 aliphatic heterocycles. The molecule has 21 heavy (non-hydrogen) atoms. The minimum atomic E-state index is -0.448. The molecule has 1 heterocycles. The number of aliphatic imine (C=N–C) groups is 1. The summed E-state index contributed by atoms with van der Waals surface area (Å²) < 4.78 is 5.28. The van der Waals surface area contributed by atoms with Crippen molar-refractivity contribution in [2.45, 2.75) is 53.1 Å². The Morgan fingerprint density at radius 3 is 2.48 bits per heavy atom. The van der Waals surface area contributed by atoms with Gasteiger partial charge in [0.25, 0.3) is 0 Å². The molecule has 6 heteroatoms. The van der Waals surface area contributed by atoms with Gasteiger partial charge in [0.05, 0.1) is 0 Å². The third kappa shape index (κ3) is 6.84. The largest absolute Gasteiger partial charge is 0.459 e. The highest BCUT2D eigenvalue weighted by molar-refractivity contribution is 14.0. The molecule has 0 aromatic carbocycles. The van der Waals surface area contributed by atoms with Crippen LogP contribution in [-0.2, 0) is 9.53 Å². The lowest BCUT2D eigenvalue weighted by Gasteiger charge is -2.25. The zero-order valence-electron chi connectivity index (χ0n) is 14.2. The molecule has 1 N–H and O–H groups in total. The Bertz CT molecular complexity index is 380. The van der Waals surface area contributed by atoms with Gasteiger partial charge in [0, 0.05) is 20.1 Å². The summed E-state index contributed by atoms with van der Waals surface area (Å²) in [5.41, 5.74) is -0.0970. The minimum absolute atomic E-state index is 0. The maximum Gasteiger partial charge on any atom is 0.325 e. The van der Waals surface area contributed by atoms with E-state index in [0.29, 0.717) is 5.41 Å². The summed E-state index contributed by atoms with van der Waals surface area (Å²) in [6.07, 6.45) is 2.32. The average molecular weight is 411 g/mol. The SMILES string of the molecule is CCC1(C)CCN(C(=NC)NCC(=O)OC(C)(C)C)C1.I. The summed E-state index contributed by atoms with van der Waals surface area (Å²) in [6.45, 7) is 12.3. The third-order valence-corrected chi connectivity index (χ3v) is 3.73. The number of carbonyl (C=O) groups excluding carboxylic acids is 1. The second-order valence-electron chi connectivity index (χ2n) is 6.82. The Hall–Kier alpha value is -0.530. The molecule has 124 valence electrons. The molecule has 0 saturated carbocycles. The van der Waals surface area contributed by atoms with E-state index in [2.05, 4.69) is 29.1 Å². The van der Waals surface area contributed by atoms with E-state index in [1.807, 2.05) is 20.8 Å². The summed E-state index contributed by atoms with van der Waals surface area (Å²) in [6, 6.07) is 0. The molecule has 0 aromatic rings. The van der Waals surface area contributed by atoms with E-state index in [1.54, 1.807) is 7.05 Å². The first-order valence-electron chi connectivity index (χ1n) is 7.36. The van der Waals surface area contributed by atoms with Crippen molar-refractivity contribution < 1.29 is 9.53 Å². The van der Waals surface area contributed by atoms with E-state index in [-0.39, 0.29) is 36.5 Å². The lowest BCUT2D eigenvalue weighted by Crippen LogP contribution is -2.44. The molecular formula is C15H30IN3O2. The van der Waals surface area contributed by atoms with E-state index >= 15 is 0 Å². The van der Waals surface area contributed by atoms with Crippen LogP contribution in [0.4, 0.5) is 0 Å². The van der Waals surface area contributed by atoms with Gasteiger partial charge in [0.15, 0.2) is 5.96 Å². The van der Waals surface area contributed by atoms with E-state index in [1.165, 1.54) is 0 Å². The predicted molar refractivity (Wildman–Crippen MR) is 97.2 cm³/mol. The summed E-state index contributed by atoms with van der Waals surface area (Å²) >= 11 is 0. The van der Waals surface area contributed by atoms with Crippen LogP contribution in [0.25, 0.3) is 0 Å². The molecule has 0 amide bonds. The number of guanidine groups is 1. The fraction of sp³-hybridized carbons (Fsp3) is 0.867. The Labute approximate surface area is 145 Å². The number of hydrogen-bond donors (Lipinski definition) is 1. The number of hydrogen-bond acceptors (Lipinski definition) is 3. The second kappa shape index (κ2) is 8.19. The highest BCUT2D eigenvalue weighted by Gasteiger charge is 2.33. The maximum absolute atomic E-state index is 11.7. The molecule has 0 aromatic heterocycles. The highest BCUT2D eigenvalue weighted by atomic mass is 127. The molecule has 1 saturated heterocycles.